The van der Waals surface area contributed by atoms with Gasteiger partial charge in [0.15, 0.2) is 0 Å². The molecule has 0 aromatic heterocycles. The third kappa shape index (κ3) is 5.50. The van der Waals surface area contributed by atoms with E-state index < -0.39 is 0 Å². The fourth-order valence-electron chi connectivity index (χ4n) is 3.55. The number of morpholine rings is 1. The van der Waals surface area contributed by atoms with Gasteiger partial charge in [0.05, 0.1) is 25.8 Å². The second-order valence-electron chi connectivity index (χ2n) is 7.29. The van der Waals surface area contributed by atoms with Crippen molar-refractivity contribution in [1.82, 2.24) is 20.0 Å². The number of rotatable bonds is 6. The van der Waals surface area contributed by atoms with Crippen LogP contribution >= 0.6 is 0 Å². The largest absolute Gasteiger partial charge is 0.379 e. The van der Waals surface area contributed by atoms with Crippen molar-refractivity contribution in [3.05, 3.63) is 35.6 Å². The third-order valence-electron chi connectivity index (χ3n) is 5.47. The number of carbonyl (C=O) groups is 2. The number of ether oxygens (including phenoxy) is 1. The molecule has 0 spiro atoms. The minimum absolute atomic E-state index is 0.128. The first-order valence-electron chi connectivity index (χ1n) is 9.87. The second kappa shape index (κ2) is 9.95. The molecule has 2 amide bonds. The van der Waals surface area contributed by atoms with Gasteiger partial charge in [-0.15, -0.1) is 0 Å². The Morgan fingerprint density at radius 3 is 2.46 bits per heavy atom. The number of piperazine rings is 1. The van der Waals surface area contributed by atoms with Crippen molar-refractivity contribution in [2.75, 3.05) is 59.0 Å². The normalized spacial score (nSPS) is 20.0. The molecule has 1 unspecified atom stereocenters. The number of hydrogen-bond acceptors (Lipinski definition) is 5. The van der Waals surface area contributed by atoms with Gasteiger partial charge in [0.1, 0.15) is 5.82 Å². The minimum Gasteiger partial charge on any atom is -0.379 e. The lowest BCUT2D eigenvalue weighted by molar-refractivity contribution is -0.136. The van der Waals surface area contributed by atoms with Crippen LogP contribution in [0.3, 0.4) is 0 Å². The van der Waals surface area contributed by atoms with Gasteiger partial charge in [0.2, 0.25) is 11.8 Å². The molecule has 0 aliphatic carbocycles. The van der Waals surface area contributed by atoms with E-state index in [4.69, 9.17) is 4.74 Å². The smallest absolute Gasteiger partial charge is 0.237 e. The monoisotopic (exact) mass is 392 g/mol. The average molecular weight is 392 g/mol. The van der Waals surface area contributed by atoms with Crippen LogP contribution in [0.15, 0.2) is 24.3 Å². The number of halogens is 1. The van der Waals surface area contributed by atoms with Crippen molar-refractivity contribution in [3.63, 3.8) is 0 Å². The van der Waals surface area contributed by atoms with Crippen LogP contribution in [0.2, 0.25) is 0 Å². The molecule has 0 saturated carbocycles. The van der Waals surface area contributed by atoms with Crippen LogP contribution in [0.4, 0.5) is 4.39 Å². The van der Waals surface area contributed by atoms with Crippen LogP contribution in [0.5, 0.6) is 0 Å². The summed E-state index contributed by atoms with van der Waals surface area (Å²) in [6.07, 6.45) is 0. The predicted octanol–water partition coefficient (Wildman–Crippen LogP) is 0.307. The van der Waals surface area contributed by atoms with E-state index in [1.165, 1.54) is 6.07 Å². The molecule has 2 aliphatic rings. The van der Waals surface area contributed by atoms with Crippen LogP contribution in [0.1, 0.15) is 12.5 Å². The van der Waals surface area contributed by atoms with Crippen molar-refractivity contribution in [1.29, 1.82) is 0 Å². The summed E-state index contributed by atoms with van der Waals surface area (Å²) in [5, 5.41) is 2.81. The van der Waals surface area contributed by atoms with E-state index in [1.807, 2.05) is 11.8 Å². The topological polar surface area (TPSA) is 65.1 Å². The maximum Gasteiger partial charge on any atom is 0.237 e. The maximum atomic E-state index is 13.7. The lowest BCUT2D eigenvalue weighted by Crippen LogP contribution is -2.56. The molecule has 7 nitrogen and oxygen atoms in total. The first-order chi connectivity index (χ1) is 13.5. The molecule has 2 saturated heterocycles. The molecule has 1 atom stereocenters. The summed E-state index contributed by atoms with van der Waals surface area (Å²) in [5.74, 6) is -0.308. The van der Waals surface area contributed by atoms with Crippen LogP contribution in [0, 0.1) is 5.82 Å². The lowest BCUT2D eigenvalue weighted by Gasteiger charge is -2.38. The highest BCUT2D eigenvalue weighted by atomic mass is 19.1. The fourth-order valence-corrected chi connectivity index (χ4v) is 3.55. The van der Waals surface area contributed by atoms with Gasteiger partial charge in [-0.25, -0.2) is 4.39 Å². The number of nitrogens with zero attached hydrogens (tertiary/aromatic N) is 3. The van der Waals surface area contributed by atoms with Gasteiger partial charge >= 0.3 is 0 Å². The summed E-state index contributed by atoms with van der Waals surface area (Å²) in [5.41, 5.74) is 0.474. The van der Waals surface area contributed by atoms with Crippen LogP contribution in [-0.4, -0.2) is 91.6 Å². The molecular formula is C20H29FN4O3. The Morgan fingerprint density at radius 2 is 1.79 bits per heavy atom. The molecule has 2 heterocycles. The SMILES string of the molecule is CC(C(=O)NCc1ccccc1F)N1CCN(C(=O)CN2CCOCC2)CC1. The molecule has 28 heavy (non-hydrogen) atoms. The van der Waals surface area contributed by atoms with E-state index in [0.717, 1.165) is 13.1 Å². The van der Waals surface area contributed by atoms with Crippen LogP contribution in [0.25, 0.3) is 0 Å². The molecule has 0 bridgehead atoms. The Morgan fingerprint density at radius 1 is 1.11 bits per heavy atom. The molecule has 1 N–H and O–H groups in total. The first-order valence-corrected chi connectivity index (χ1v) is 9.87. The number of benzene rings is 1. The average Bonchev–Trinajstić information content (AvgIpc) is 2.73. The zero-order valence-corrected chi connectivity index (χ0v) is 16.4. The second-order valence-corrected chi connectivity index (χ2v) is 7.29. The molecule has 154 valence electrons. The number of carbonyl (C=O) groups excluding carboxylic acids is 2. The van der Waals surface area contributed by atoms with Gasteiger partial charge in [-0.1, -0.05) is 18.2 Å². The number of amides is 2. The van der Waals surface area contributed by atoms with Crippen molar-refractivity contribution in [2.45, 2.75) is 19.5 Å². The molecule has 0 radical (unpaired) electrons. The van der Waals surface area contributed by atoms with Crippen LogP contribution < -0.4 is 5.32 Å². The highest BCUT2D eigenvalue weighted by molar-refractivity contribution is 5.81. The molecule has 2 aliphatic heterocycles. The van der Waals surface area contributed by atoms with Crippen molar-refractivity contribution < 1.29 is 18.7 Å². The van der Waals surface area contributed by atoms with Gasteiger partial charge in [0, 0.05) is 51.4 Å². The van der Waals surface area contributed by atoms with E-state index in [9.17, 15) is 14.0 Å². The lowest BCUT2D eigenvalue weighted by atomic mass is 10.2. The Labute approximate surface area is 165 Å². The van der Waals surface area contributed by atoms with E-state index in [0.29, 0.717) is 51.5 Å². The Kier molecular flexibility index (Phi) is 7.36. The molecule has 3 rings (SSSR count). The zero-order valence-electron chi connectivity index (χ0n) is 16.4. The Balaban J connectivity index is 1.41. The van der Waals surface area contributed by atoms with Crippen LogP contribution in [-0.2, 0) is 20.9 Å². The summed E-state index contributed by atoms with van der Waals surface area (Å²) in [4.78, 5) is 31.0. The predicted molar refractivity (Wildman–Crippen MR) is 103 cm³/mol. The number of nitrogens with one attached hydrogen (secondary N) is 1. The molecular weight excluding hydrogens is 363 g/mol. The van der Waals surface area contributed by atoms with E-state index in [2.05, 4.69) is 15.1 Å². The summed E-state index contributed by atoms with van der Waals surface area (Å²) >= 11 is 0. The zero-order chi connectivity index (χ0) is 19.9. The Bertz CT molecular complexity index is 673. The van der Waals surface area contributed by atoms with Gasteiger partial charge in [-0.3, -0.25) is 19.4 Å². The highest BCUT2D eigenvalue weighted by Crippen LogP contribution is 2.10. The van der Waals surface area contributed by atoms with Crippen molar-refractivity contribution in [2.24, 2.45) is 0 Å². The van der Waals surface area contributed by atoms with Gasteiger partial charge in [-0.2, -0.15) is 0 Å². The summed E-state index contributed by atoms with van der Waals surface area (Å²) in [6, 6.07) is 6.12. The van der Waals surface area contributed by atoms with E-state index in [-0.39, 0.29) is 30.2 Å². The van der Waals surface area contributed by atoms with Gasteiger partial charge < -0.3 is 15.0 Å². The quantitative estimate of drug-likeness (QED) is 0.755. The Hall–Kier alpha value is -2.03. The first kappa shape index (κ1) is 20.7. The third-order valence-corrected chi connectivity index (χ3v) is 5.47. The standard InChI is InChI=1S/C20H29FN4O3/c1-16(20(27)22-14-17-4-2-3-5-18(17)21)24-6-8-25(9-7-24)19(26)15-23-10-12-28-13-11-23/h2-5,16H,6-15H2,1H3,(H,22,27). The molecule has 1 aromatic carbocycles. The molecule has 8 heteroatoms. The van der Waals surface area contributed by atoms with Crippen molar-refractivity contribution in [3.8, 4) is 0 Å². The van der Waals surface area contributed by atoms with Gasteiger partial charge in [0.25, 0.3) is 0 Å². The minimum atomic E-state index is -0.317. The number of hydrogen-bond donors (Lipinski definition) is 1. The summed E-state index contributed by atoms with van der Waals surface area (Å²) in [7, 11) is 0. The van der Waals surface area contributed by atoms with E-state index in [1.54, 1.807) is 18.2 Å². The highest BCUT2D eigenvalue weighted by Gasteiger charge is 2.28. The summed E-state index contributed by atoms with van der Waals surface area (Å²) < 4.78 is 19.0. The van der Waals surface area contributed by atoms with Gasteiger partial charge in [-0.05, 0) is 13.0 Å². The maximum absolute atomic E-state index is 13.7. The summed E-state index contributed by atoms with van der Waals surface area (Å²) in [6.45, 7) is 7.96. The molecule has 1 aromatic rings. The van der Waals surface area contributed by atoms with Crippen molar-refractivity contribution >= 4 is 11.8 Å². The fraction of sp³-hybridized carbons (Fsp3) is 0.600. The van der Waals surface area contributed by atoms with E-state index >= 15 is 0 Å². The molecule has 2 fully saturated rings.